The van der Waals surface area contributed by atoms with Crippen molar-refractivity contribution < 1.29 is 9.90 Å². The Balaban J connectivity index is 0.00000144. The number of aryl methyl sites for hydroxylation is 1. The fourth-order valence-corrected chi connectivity index (χ4v) is 0.991. The molecule has 0 radical (unpaired) electrons. The maximum Gasteiger partial charge on any atom is 0.354 e. The molecule has 0 saturated heterocycles. The Morgan fingerprint density at radius 1 is 1.77 bits per heavy atom. The van der Waals surface area contributed by atoms with Gasteiger partial charge < -0.3 is 10.8 Å². The molecule has 0 aliphatic rings. The molecule has 0 atom stereocenters. The maximum atomic E-state index is 10.6. The van der Waals surface area contributed by atoms with Crippen LogP contribution in [0.3, 0.4) is 0 Å². The molecule has 0 spiro atoms. The van der Waals surface area contributed by atoms with Gasteiger partial charge in [-0.3, -0.25) is 4.68 Å². The van der Waals surface area contributed by atoms with Crippen molar-refractivity contribution >= 4 is 24.2 Å². The number of carboxylic acid groups (broad SMARTS) is 1. The van der Waals surface area contributed by atoms with E-state index in [0.29, 0.717) is 6.54 Å². The second-order valence-corrected chi connectivity index (χ2v) is 2.48. The number of aromatic carboxylic acids is 1. The smallest absolute Gasteiger partial charge is 0.354 e. The van der Waals surface area contributed by atoms with Crippen molar-refractivity contribution in [1.82, 2.24) is 9.78 Å². The molecular formula is C7H12ClN3O2. The molecule has 3 N–H and O–H groups in total. The van der Waals surface area contributed by atoms with Gasteiger partial charge in [0.25, 0.3) is 0 Å². The van der Waals surface area contributed by atoms with E-state index in [1.807, 2.05) is 6.92 Å². The van der Waals surface area contributed by atoms with Crippen LogP contribution in [0.15, 0.2) is 6.07 Å². The molecule has 1 aromatic rings. The average Bonchev–Trinajstić information content (AvgIpc) is 2.32. The zero-order chi connectivity index (χ0) is 9.14. The van der Waals surface area contributed by atoms with Gasteiger partial charge in [0.1, 0.15) is 11.5 Å². The molecule has 0 aromatic carbocycles. The van der Waals surface area contributed by atoms with Gasteiger partial charge in [-0.2, -0.15) is 5.10 Å². The quantitative estimate of drug-likeness (QED) is 0.771. The molecule has 1 rings (SSSR count). The normalized spacial score (nSPS) is 9.31. The van der Waals surface area contributed by atoms with Gasteiger partial charge in [0.05, 0.1) is 0 Å². The van der Waals surface area contributed by atoms with E-state index in [0.717, 1.165) is 6.42 Å². The molecular weight excluding hydrogens is 194 g/mol. The van der Waals surface area contributed by atoms with Gasteiger partial charge in [-0.05, 0) is 6.42 Å². The molecule has 0 saturated carbocycles. The van der Waals surface area contributed by atoms with Crippen molar-refractivity contribution in [3.05, 3.63) is 11.8 Å². The molecule has 74 valence electrons. The van der Waals surface area contributed by atoms with Crippen molar-refractivity contribution in [1.29, 1.82) is 0 Å². The molecule has 0 bridgehead atoms. The summed E-state index contributed by atoms with van der Waals surface area (Å²) in [4.78, 5) is 10.6. The van der Waals surface area contributed by atoms with Crippen LogP contribution in [0.4, 0.5) is 5.82 Å². The zero-order valence-corrected chi connectivity index (χ0v) is 8.04. The van der Waals surface area contributed by atoms with E-state index in [9.17, 15) is 4.79 Å². The lowest BCUT2D eigenvalue weighted by Crippen LogP contribution is -2.09. The first-order valence-electron chi connectivity index (χ1n) is 3.71. The fourth-order valence-electron chi connectivity index (χ4n) is 0.991. The van der Waals surface area contributed by atoms with Gasteiger partial charge in [0.2, 0.25) is 0 Å². The first kappa shape index (κ1) is 11.8. The largest absolute Gasteiger partial charge is 0.477 e. The molecule has 0 amide bonds. The fraction of sp³-hybridized carbons (Fsp3) is 0.429. The Morgan fingerprint density at radius 2 is 2.38 bits per heavy atom. The first-order chi connectivity index (χ1) is 5.65. The molecule has 6 heteroatoms. The van der Waals surface area contributed by atoms with Crippen LogP contribution in [0.5, 0.6) is 0 Å². The third-order valence-electron chi connectivity index (χ3n) is 1.45. The van der Waals surface area contributed by atoms with E-state index in [-0.39, 0.29) is 23.9 Å². The van der Waals surface area contributed by atoms with Gasteiger partial charge in [0, 0.05) is 12.6 Å². The number of hydrogen-bond donors (Lipinski definition) is 2. The summed E-state index contributed by atoms with van der Waals surface area (Å²) in [5.74, 6) is -0.742. The lowest BCUT2D eigenvalue weighted by atomic mass is 10.4. The van der Waals surface area contributed by atoms with Crippen molar-refractivity contribution in [2.75, 3.05) is 5.73 Å². The highest BCUT2D eigenvalue weighted by Gasteiger charge is 2.11. The predicted molar refractivity (Wildman–Crippen MR) is 51.1 cm³/mol. The van der Waals surface area contributed by atoms with E-state index in [2.05, 4.69) is 5.10 Å². The van der Waals surface area contributed by atoms with E-state index >= 15 is 0 Å². The Kier molecular flexibility index (Phi) is 4.27. The van der Waals surface area contributed by atoms with Crippen LogP contribution in [0, 0.1) is 0 Å². The Labute approximate surface area is 81.9 Å². The number of anilines is 1. The SMILES string of the molecule is CCCn1nc(N)cc1C(=O)O.Cl. The molecule has 0 fully saturated rings. The standard InChI is InChI=1S/C7H11N3O2.ClH/c1-2-3-10-5(7(11)12)4-6(8)9-10;/h4H,2-3H2,1H3,(H2,8,9)(H,11,12);1H. The van der Waals surface area contributed by atoms with Crippen LogP contribution in [0.1, 0.15) is 23.8 Å². The van der Waals surface area contributed by atoms with Crippen LogP contribution in [-0.2, 0) is 6.54 Å². The molecule has 13 heavy (non-hydrogen) atoms. The summed E-state index contributed by atoms with van der Waals surface area (Å²) in [7, 11) is 0. The molecule has 1 aromatic heterocycles. The third kappa shape index (κ3) is 2.62. The monoisotopic (exact) mass is 205 g/mol. The third-order valence-corrected chi connectivity index (χ3v) is 1.45. The number of carbonyl (C=O) groups is 1. The summed E-state index contributed by atoms with van der Waals surface area (Å²) in [6, 6.07) is 1.36. The predicted octanol–water partition coefficient (Wildman–Crippen LogP) is 0.995. The molecule has 0 aliphatic carbocycles. The Morgan fingerprint density at radius 3 is 2.85 bits per heavy atom. The number of aromatic nitrogens is 2. The van der Waals surface area contributed by atoms with Crippen molar-refractivity contribution in [2.24, 2.45) is 0 Å². The highest BCUT2D eigenvalue weighted by molar-refractivity contribution is 5.86. The van der Waals surface area contributed by atoms with Gasteiger partial charge >= 0.3 is 5.97 Å². The van der Waals surface area contributed by atoms with E-state index in [4.69, 9.17) is 10.8 Å². The summed E-state index contributed by atoms with van der Waals surface area (Å²) in [6.07, 6.45) is 0.835. The number of rotatable bonds is 3. The van der Waals surface area contributed by atoms with Crippen molar-refractivity contribution in [3.63, 3.8) is 0 Å². The van der Waals surface area contributed by atoms with Gasteiger partial charge in [-0.25, -0.2) is 4.79 Å². The maximum absolute atomic E-state index is 10.6. The van der Waals surface area contributed by atoms with Gasteiger partial charge in [0.15, 0.2) is 0 Å². The number of carboxylic acids is 1. The summed E-state index contributed by atoms with van der Waals surface area (Å²) >= 11 is 0. The lowest BCUT2D eigenvalue weighted by Gasteiger charge is -1.99. The molecule has 1 heterocycles. The Hall–Kier alpha value is -1.23. The second kappa shape index (κ2) is 4.71. The lowest BCUT2D eigenvalue weighted by molar-refractivity contribution is 0.0683. The Bertz CT molecular complexity index is 298. The van der Waals surface area contributed by atoms with Crippen LogP contribution in [-0.4, -0.2) is 20.9 Å². The highest BCUT2D eigenvalue weighted by atomic mass is 35.5. The molecule has 0 aliphatic heterocycles. The van der Waals surface area contributed by atoms with E-state index in [1.165, 1.54) is 10.7 Å². The highest BCUT2D eigenvalue weighted by Crippen LogP contribution is 2.06. The van der Waals surface area contributed by atoms with Crippen molar-refractivity contribution in [3.8, 4) is 0 Å². The number of nitrogens with zero attached hydrogens (tertiary/aromatic N) is 2. The topological polar surface area (TPSA) is 81.1 Å². The zero-order valence-electron chi connectivity index (χ0n) is 7.23. The van der Waals surface area contributed by atoms with E-state index in [1.54, 1.807) is 0 Å². The minimum atomic E-state index is -0.993. The average molecular weight is 206 g/mol. The molecule has 5 nitrogen and oxygen atoms in total. The second-order valence-electron chi connectivity index (χ2n) is 2.48. The van der Waals surface area contributed by atoms with Gasteiger partial charge in [-0.1, -0.05) is 6.92 Å². The van der Waals surface area contributed by atoms with Crippen molar-refractivity contribution in [2.45, 2.75) is 19.9 Å². The number of hydrogen-bond acceptors (Lipinski definition) is 3. The summed E-state index contributed by atoms with van der Waals surface area (Å²) in [6.45, 7) is 2.53. The van der Waals surface area contributed by atoms with Gasteiger partial charge in [-0.15, -0.1) is 12.4 Å². The summed E-state index contributed by atoms with van der Waals surface area (Å²) < 4.78 is 1.40. The van der Waals surface area contributed by atoms with Crippen LogP contribution < -0.4 is 5.73 Å². The van der Waals surface area contributed by atoms with Crippen LogP contribution >= 0.6 is 12.4 Å². The first-order valence-corrected chi connectivity index (χ1v) is 3.71. The summed E-state index contributed by atoms with van der Waals surface area (Å²) in [5.41, 5.74) is 5.50. The van der Waals surface area contributed by atoms with E-state index < -0.39 is 5.97 Å². The summed E-state index contributed by atoms with van der Waals surface area (Å²) in [5, 5.41) is 12.5. The number of nitrogens with two attached hydrogens (primary N) is 1. The minimum Gasteiger partial charge on any atom is -0.477 e. The number of nitrogen functional groups attached to an aromatic ring is 1. The minimum absolute atomic E-state index is 0. The molecule has 0 unspecified atom stereocenters. The van der Waals surface area contributed by atoms with Crippen LogP contribution in [0.2, 0.25) is 0 Å². The van der Waals surface area contributed by atoms with Crippen LogP contribution in [0.25, 0.3) is 0 Å². The number of halogens is 1.